The van der Waals surface area contributed by atoms with Crippen molar-refractivity contribution in [3.05, 3.63) is 34.9 Å². The molecule has 8 heteroatoms. The van der Waals surface area contributed by atoms with Crippen LogP contribution in [-0.4, -0.2) is 35.5 Å². The number of amides is 1. The van der Waals surface area contributed by atoms with Crippen LogP contribution in [0.5, 0.6) is 0 Å². The van der Waals surface area contributed by atoms with E-state index in [1.807, 2.05) is 19.9 Å². The predicted octanol–water partition coefficient (Wildman–Crippen LogP) is 3.04. The summed E-state index contributed by atoms with van der Waals surface area (Å²) >= 11 is 0. The number of carbonyl (C=O) groups excluding carboxylic acids is 1. The Morgan fingerprint density at radius 3 is 2.59 bits per heavy atom. The number of aliphatic imine (C=N–C) groups is 1. The number of halogens is 2. The van der Waals surface area contributed by atoms with Crippen molar-refractivity contribution in [1.29, 1.82) is 5.26 Å². The first-order chi connectivity index (χ1) is 13.7. The number of nitrogens with two attached hydrogens (primary N) is 1. The molecule has 1 aromatic rings. The van der Waals surface area contributed by atoms with Crippen molar-refractivity contribution < 1.29 is 18.3 Å². The van der Waals surface area contributed by atoms with Crippen molar-refractivity contribution in [3.63, 3.8) is 0 Å². The third-order valence-corrected chi connectivity index (χ3v) is 6.68. The summed E-state index contributed by atoms with van der Waals surface area (Å²) in [5.74, 6) is -0.0161. The summed E-state index contributed by atoms with van der Waals surface area (Å²) < 4.78 is 30.1. The maximum absolute atomic E-state index is 13.8. The normalized spacial score (nSPS) is 31.1. The summed E-state index contributed by atoms with van der Waals surface area (Å²) in [5.41, 5.74) is 6.58. The molecule has 1 amide bonds. The highest BCUT2D eigenvalue weighted by Gasteiger charge is 2.67. The van der Waals surface area contributed by atoms with Gasteiger partial charge in [-0.3, -0.25) is 9.69 Å². The van der Waals surface area contributed by atoms with Crippen molar-refractivity contribution in [2.24, 2.45) is 16.1 Å². The molecule has 2 aliphatic carbocycles. The van der Waals surface area contributed by atoms with Crippen LogP contribution in [0.25, 0.3) is 0 Å². The summed E-state index contributed by atoms with van der Waals surface area (Å²) in [6.45, 7) is 0.946. The molecule has 2 N–H and O–H groups in total. The number of hydrogen-bond donors (Lipinski definition) is 1. The number of rotatable bonds is 3. The van der Waals surface area contributed by atoms with Gasteiger partial charge in [0.15, 0.2) is 11.5 Å². The SMILES string of the molecule is CC(C)N1C(=O)C2(N=C1N)c1cc(C#N)ccc1C[C@]21CC[C@@H](OC(F)F)CC1. The summed E-state index contributed by atoms with van der Waals surface area (Å²) in [5, 5.41) is 9.39. The first kappa shape index (κ1) is 19.8. The van der Waals surface area contributed by atoms with Crippen LogP contribution in [0.4, 0.5) is 8.78 Å². The summed E-state index contributed by atoms with van der Waals surface area (Å²) in [6, 6.07) is 7.33. The molecule has 2 spiro atoms. The van der Waals surface area contributed by atoms with Gasteiger partial charge in [0.1, 0.15) is 0 Å². The van der Waals surface area contributed by atoms with E-state index in [4.69, 9.17) is 15.5 Å². The third kappa shape index (κ3) is 2.75. The van der Waals surface area contributed by atoms with Crippen molar-refractivity contribution in [2.75, 3.05) is 0 Å². The molecule has 1 fully saturated rings. The molecule has 29 heavy (non-hydrogen) atoms. The fourth-order valence-corrected chi connectivity index (χ4v) is 5.45. The summed E-state index contributed by atoms with van der Waals surface area (Å²) in [7, 11) is 0. The Morgan fingerprint density at radius 1 is 1.34 bits per heavy atom. The molecule has 1 aromatic carbocycles. The van der Waals surface area contributed by atoms with Crippen molar-refractivity contribution in [3.8, 4) is 6.07 Å². The first-order valence-corrected chi connectivity index (χ1v) is 9.90. The Morgan fingerprint density at radius 2 is 2.03 bits per heavy atom. The molecule has 1 heterocycles. The molecule has 0 radical (unpaired) electrons. The van der Waals surface area contributed by atoms with Gasteiger partial charge in [-0.15, -0.1) is 0 Å². The number of ether oxygens (including phenoxy) is 1. The second-order valence-electron chi connectivity index (χ2n) is 8.49. The zero-order valence-electron chi connectivity index (χ0n) is 16.5. The third-order valence-electron chi connectivity index (χ3n) is 6.68. The molecule has 1 atom stereocenters. The number of carbonyl (C=O) groups is 1. The van der Waals surface area contributed by atoms with Gasteiger partial charge in [0.05, 0.1) is 17.7 Å². The summed E-state index contributed by atoms with van der Waals surface area (Å²) in [6.07, 6.45) is 1.97. The second-order valence-corrected chi connectivity index (χ2v) is 8.49. The minimum absolute atomic E-state index is 0.163. The van der Waals surface area contributed by atoms with Gasteiger partial charge in [-0.05, 0) is 69.2 Å². The number of nitrogens with zero attached hydrogens (tertiary/aromatic N) is 3. The van der Waals surface area contributed by atoms with E-state index in [0.29, 0.717) is 37.7 Å². The highest BCUT2D eigenvalue weighted by atomic mass is 19.3. The van der Waals surface area contributed by atoms with Gasteiger partial charge in [0, 0.05) is 11.5 Å². The highest BCUT2D eigenvalue weighted by Crippen LogP contribution is 2.62. The van der Waals surface area contributed by atoms with Crippen LogP contribution >= 0.6 is 0 Å². The van der Waals surface area contributed by atoms with Crippen LogP contribution in [0.3, 0.4) is 0 Å². The molecule has 3 aliphatic rings. The first-order valence-electron chi connectivity index (χ1n) is 9.90. The Labute approximate surface area is 168 Å². The zero-order valence-corrected chi connectivity index (χ0v) is 16.5. The number of fused-ring (bicyclic) bond motifs is 3. The number of nitriles is 1. The lowest BCUT2D eigenvalue weighted by Gasteiger charge is -2.45. The largest absolute Gasteiger partial charge is 0.369 e. The standard InChI is InChI=1S/C21H24F2N4O2/c1-12(2)27-17(28)21(26-19(27)25)16-9-13(11-24)3-4-14(16)10-20(21)7-5-15(6-8-20)29-18(22)23/h3-4,9,12,15,18H,5-8,10H2,1-2H3,(H2,25,26)/t15-,20-,21?. The van der Waals surface area contributed by atoms with Crippen molar-refractivity contribution >= 4 is 11.9 Å². The summed E-state index contributed by atoms with van der Waals surface area (Å²) in [4.78, 5) is 20.0. The molecular formula is C21H24F2N4O2. The Kier molecular flexibility index (Phi) is 4.61. The molecule has 1 unspecified atom stereocenters. The van der Waals surface area contributed by atoms with E-state index in [-0.39, 0.29) is 17.9 Å². The molecule has 0 saturated heterocycles. The van der Waals surface area contributed by atoms with E-state index < -0.39 is 23.7 Å². The minimum atomic E-state index is -2.81. The number of benzene rings is 1. The number of hydrogen-bond acceptors (Lipinski definition) is 5. The Hall–Kier alpha value is -2.53. The lowest BCUT2D eigenvalue weighted by atomic mass is 9.61. The Balaban J connectivity index is 1.82. The highest BCUT2D eigenvalue weighted by molar-refractivity contribution is 6.08. The zero-order chi connectivity index (χ0) is 21.0. The molecule has 0 bridgehead atoms. The number of alkyl halides is 2. The topological polar surface area (TPSA) is 91.7 Å². The number of guanidine groups is 1. The molecule has 4 rings (SSSR count). The molecule has 154 valence electrons. The van der Waals surface area contributed by atoms with Crippen molar-refractivity contribution in [1.82, 2.24) is 4.90 Å². The van der Waals surface area contributed by atoms with Crippen LogP contribution in [0.2, 0.25) is 0 Å². The molecule has 0 aromatic heterocycles. The van der Waals surface area contributed by atoms with Crippen LogP contribution in [0.15, 0.2) is 23.2 Å². The van der Waals surface area contributed by atoms with Crippen LogP contribution in [0.1, 0.15) is 56.2 Å². The molecule has 6 nitrogen and oxygen atoms in total. The lowest BCUT2D eigenvalue weighted by Crippen LogP contribution is -2.53. The van der Waals surface area contributed by atoms with Gasteiger partial charge in [0.2, 0.25) is 0 Å². The maximum Gasteiger partial charge on any atom is 0.345 e. The van der Waals surface area contributed by atoms with Crippen LogP contribution in [-0.2, 0) is 21.5 Å². The fourth-order valence-electron chi connectivity index (χ4n) is 5.45. The maximum atomic E-state index is 13.8. The van der Waals surface area contributed by atoms with Gasteiger partial charge >= 0.3 is 6.61 Å². The van der Waals surface area contributed by atoms with Crippen LogP contribution < -0.4 is 5.73 Å². The van der Waals surface area contributed by atoms with E-state index >= 15 is 0 Å². The monoisotopic (exact) mass is 402 g/mol. The second kappa shape index (κ2) is 6.77. The van der Waals surface area contributed by atoms with E-state index in [0.717, 1.165) is 11.1 Å². The van der Waals surface area contributed by atoms with Crippen LogP contribution in [0, 0.1) is 16.7 Å². The predicted molar refractivity (Wildman–Crippen MR) is 102 cm³/mol. The molecular weight excluding hydrogens is 378 g/mol. The van der Waals surface area contributed by atoms with Gasteiger partial charge in [-0.1, -0.05) is 6.07 Å². The van der Waals surface area contributed by atoms with E-state index in [1.165, 1.54) is 4.90 Å². The van der Waals surface area contributed by atoms with Crippen molar-refractivity contribution in [2.45, 2.75) is 70.2 Å². The Bertz CT molecular complexity index is 916. The van der Waals surface area contributed by atoms with Gasteiger partial charge in [-0.25, -0.2) is 4.99 Å². The van der Waals surface area contributed by atoms with E-state index in [9.17, 15) is 18.8 Å². The average Bonchev–Trinajstić information content (AvgIpc) is 3.09. The smallest absolute Gasteiger partial charge is 0.345 e. The average molecular weight is 402 g/mol. The van der Waals surface area contributed by atoms with Gasteiger partial charge in [0.25, 0.3) is 5.91 Å². The fraction of sp³-hybridized carbons (Fsp3) is 0.571. The molecule has 1 saturated carbocycles. The van der Waals surface area contributed by atoms with E-state index in [1.54, 1.807) is 12.1 Å². The van der Waals surface area contributed by atoms with Gasteiger partial charge < -0.3 is 10.5 Å². The van der Waals surface area contributed by atoms with E-state index in [2.05, 4.69) is 6.07 Å². The minimum Gasteiger partial charge on any atom is -0.369 e. The van der Waals surface area contributed by atoms with Gasteiger partial charge in [-0.2, -0.15) is 14.0 Å². The molecule has 1 aliphatic heterocycles. The quantitative estimate of drug-likeness (QED) is 0.841. The lowest BCUT2D eigenvalue weighted by molar-refractivity contribution is -0.179.